The highest BCUT2D eigenvalue weighted by atomic mass is 32.2. The summed E-state index contributed by atoms with van der Waals surface area (Å²) >= 11 is -0.223. The van der Waals surface area contributed by atoms with Crippen molar-refractivity contribution in [3.63, 3.8) is 0 Å². The van der Waals surface area contributed by atoms with Crippen LogP contribution in [0.4, 0.5) is 13.2 Å². The molecule has 1 N–H and O–H groups in total. The predicted molar refractivity (Wildman–Crippen MR) is 71.1 cm³/mol. The molecule has 4 nitrogen and oxygen atoms in total. The first-order chi connectivity index (χ1) is 9.90. The van der Waals surface area contributed by atoms with E-state index in [1.165, 1.54) is 29.2 Å². The first-order valence-corrected chi connectivity index (χ1v) is 7.08. The van der Waals surface area contributed by atoms with Crippen molar-refractivity contribution in [1.82, 2.24) is 4.90 Å². The molecule has 1 unspecified atom stereocenters. The third-order valence-corrected chi connectivity index (χ3v) is 3.77. The Kier molecular flexibility index (Phi) is 5.13. The van der Waals surface area contributed by atoms with Crippen LogP contribution in [0.25, 0.3) is 0 Å². The third-order valence-electron chi connectivity index (χ3n) is 3.03. The molecule has 1 amide bonds. The summed E-state index contributed by atoms with van der Waals surface area (Å²) in [6, 6.07) is 4.83. The van der Waals surface area contributed by atoms with Crippen molar-refractivity contribution >= 4 is 17.7 Å². The molecular weight excluding hydrogens is 307 g/mol. The second-order valence-electron chi connectivity index (χ2n) is 4.48. The molecule has 1 fully saturated rings. The van der Waals surface area contributed by atoms with Crippen LogP contribution in [-0.4, -0.2) is 53.8 Å². The number of ether oxygens (including phenoxy) is 1. The lowest BCUT2D eigenvalue weighted by Crippen LogP contribution is -2.50. The summed E-state index contributed by atoms with van der Waals surface area (Å²) in [5, 5.41) is 9.23. The molecule has 8 heteroatoms. The minimum Gasteiger partial charge on any atom is -0.394 e. The molecule has 1 heterocycles. The lowest BCUT2D eigenvalue weighted by atomic mass is 10.1. The number of nitrogens with zero attached hydrogens (tertiary/aromatic N) is 1. The van der Waals surface area contributed by atoms with Gasteiger partial charge in [-0.05, 0) is 36.0 Å². The van der Waals surface area contributed by atoms with Crippen LogP contribution in [-0.2, 0) is 4.74 Å². The maximum atomic E-state index is 12.3. The van der Waals surface area contributed by atoms with Crippen molar-refractivity contribution in [2.75, 3.05) is 26.4 Å². The number of aliphatic hydroxyl groups is 1. The molecule has 0 saturated carbocycles. The summed E-state index contributed by atoms with van der Waals surface area (Å²) < 4.78 is 41.9. The molecule has 0 aromatic heterocycles. The van der Waals surface area contributed by atoms with E-state index in [2.05, 4.69) is 0 Å². The van der Waals surface area contributed by atoms with Gasteiger partial charge in [-0.15, -0.1) is 0 Å². The van der Waals surface area contributed by atoms with Crippen molar-refractivity contribution in [3.8, 4) is 0 Å². The predicted octanol–water partition coefficient (Wildman–Crippen LogP) is 2.13. The van der Waals surface area contributed by atoms with Crippen LogP contribution >= 0.6 is 11.8 Å². The van der Waals surface area contributed by atoms with Crippen LogP contribution in [0.5, 0.6) is 0 Å². The van der Waals surface area contributed by atoms with E-state index >= 15 is 0 Å². The van der Waals surface area contributed by atoms with Gasteiger partial charge in [0.2, 0.25) is 0 Å². The number of alkyl halides is 3. The summed E-state index contributed by atoms with van der Waals surface area (Å²) in [7, 11) is 0. The summed E-state index contributed by atoms with van der Waals surface area (Å²) in [6.45, 7) is 0.769. The van der Waals surface area contributed by atoms with Gasteiger partial charge in [-0.1, -0.05) is 0 Å². The third kappa shape index (κ3) is 4.36. The zero-order valence-corrected chi connectivity index (χ0v) is 11.8. The lowest BCUT2D eigenvalue weighted by Gasteiger charge is -2.34. The number of aliphatic hydroxyl groups excluding tert-OH is 1. The summed E-state index contributed by atoms with van der Waals surface area (Å²) in [6.07, 6.45) is 0. The zero-order chi connectivity index (χ0) is 15.5. The molecule has 1 aromatic carbocycles. The number of hydrogen-bond acceptors (Lipinski definition) is 4. The van der Waals surface area contributed by atoms with Crippen LogP contribution in [0.2, 0.25) is 0 Å². The van der Waals surface area contributed by atoms with Gasteiger partial charge >= 0.3 is 5.51 Å². The monoisotopic (exact) mass is 321 g/mol. The number of halogens is 3. The normalized spacial score (nSPS) is 19.6. The van der Waals surface area contributed by atoms with Gasteiger partial charge in [-0.25, -0.2) is 0 Å². The summed E-state index contributed by atoms with van der Waals surface area (Å²) in [4.78, 5) is 13.8. The average molecular weight is 321 g/mol. The Morgan fingerprint density at radius 2 is 2.05 bits per heavy atom. The van der Waals surface area contributed by atoms with Gasteiger partial charge in [0, 0.05) is 17.0 Å². The molecule has 1 aromatic rings. The smallest absolute Gasteiger partial charge is 0.394 e. The molecule has 1 aliphatic rings. The van der Waals surface area contributed by atoms with Crippen LogP contribution in [0.3, 0.4) is 0 Å². The van der Waals surface area contributed by atoms with Gasteiger partial charge < -0.3 is 14.7 Å². The highest BCUT2D eigenvalue weighted by Crippen LogP contribution is 2.36. The van der Waals surface area contributed by atoms with E-state index in [-0.39, 0.29) is 35.8 Å². The molecule has 1 aliphatic heterocycles. The highest BCUT2D eigenvalue weighted by molar-refractivity contribution is 8.00. The van der Waals surface area contributed by atoms with Gasteiger partial charge in [-0.3, -0.25) is 4.79 Å². The van der Waals surface area contributed by atoms with Crippen LogP contribution in [0, 0.1) is 0 Å². The van der Waals surface area contributed by atoms with Gasteiger partial charge in [0.05, 0.1) is 25.9 Å². The Balaban J connectivity index is 2.08. The maximum absolute atomic E-state index is 12.3. The van der Waals surface area contributed by atoms with E-state index in [0.29, 0.717) is 18.7 Å². The fourth-order valence-electron chi connectivity index (χ4n) is 2.04. The van der Waals surface area contributed by atoms with Crippen LogP contribution < -0.4 is 0 Å². The lowest BCUT2D eigenvalue weighted by molar-refractivity contribution is -0.0328. The van der Waals surface area contributed by atoms with Crippen LogP contribution in [0.15, 0.2) is 29.2 Å². The summed E-state index contributed by atoms with van der Waals surface area (Å²) in [5.74, 6) is -0.319. The standard InChI is InChI=1S/C13H14F3NO3S/c14-13(15,16)21-11-3-1-9(2-4-11)12(19)17-5-6-20-8-10(17)7-18/h1-4,10,18H,5-8H2. The van der Waals surface area contributed by atoms with Gasteiger partial charge in [0.1, 0.15) is 0 Å². The van der Waals surface area contributed by atoms with E-state index in [4.69, 9.17) is 4.74 Å². The molecule has 21 heavy (non-hydrogen) atoms. The van der Waals surface area contributed by atoms with E-state index < -0.39 is 11.6 Å². The number of morpholine rings is 1. The quantitative estimate of drug-likeness (QED) is 0.867. The fraction of sp³-hybridized carbons (Fsp3) is 0.462. The number of thioether (sulfide) groups is 1. The minimum absolute atomic E-state index is 0.0275. The van der Waals surface area contributed by atoms with E-state index in [0.717, 1.165) is 0 Å². The average Bonchev–Trinajstić information content (AvgIpc) is 2.45. The van der Waals surface area contributed by atoms with Crippen molar-refractivity contribution < 1.29 is 27.8 Å². The second kappa shape index (κ2) is 6.67. The van der Waals surface area contributed by atoms with E-state index in [1.807, 2.05) is 0 Å². The Morgan fingerprint density at radius 3 is 2.62 bits per heavy atom. The molecule has 2 rings (SSSR count). The Morgan fingerprint density at radius 1 is 1.38 bits per heavy atom. The zero-order valence-electron chi connectivity index (χ0n) is 11.0. The number of benzene rings is 1. The number of hydrogen-bond donors (Lipinski definition) is 1. The number of amides is 1. The first kappa shape index (κ1) is 16.1. The number of rotatable bonds is 3. The van der Waals surface area contributed by atoms with Gasteiger partial charge in [0.25, 0.3) is 5.91 Å². The van der Waals surface area contributed by atoms with Crippen molar-refractivity contribution in [2.45, 2.75) is 16.4 Å². The largest absolute Gasteiger partial charge is 0.446 e. The molecule has 116 valence electrons. The highest BCUT2D eigenvalue weighted by Gasteiger charge is 2.30. The minimum atomic E-state index is -4.35. The van der Waals surface area contributed by atoms with Gasteiger partial charge in [0.15, 0.2) is 0 Å². The topological polar surface area (TPSA) is 49.8 Å². The van der Waals surface area contributed by atoms with Crippen molar-refractivity contribution in [2.24, 2.45) is 0 Å². The number of carbonyl (C=O) groups is 1. The maximum Gasteiger partial charge on any atom is 0.446 e. The molecule has 0 spiro atoms. The molecular formula is C13H14F3NO3S. The van der Waals surface area contributed by atoms with Crippen molar-refractivity contribution in [1.29, 1.82) is 0 Å². The second-order valence-corrected chi connectivity index (χ2v) is 5.62. The van der Waals surface area contributed by atoms with Crippen molar-refractivity contribution in [3.05, 3.63) is 29.8 Å². The first-order valence-electron chi connectivity index (χ1n) is 6.26. The molecule has 0 aliphatic carbocycles. The fourth-order valence-corrected chi connectivity index (χ4v) is 2.58. The van der Waals surface area contributed by atoms with E-state index in [1.54, 1.807) is 0 Å². The Labute approximate surface area is 123 Å². The molecule has 1 saturated heterocycles. The SMILES string of the molecule is O=C(c1ccc(SC(F)(F)F)cc1)N1CCOCC1CO. The molecule has 0 bridgehead atoms. The van der Waals surface area contributed by atoms with Crippen LogP contribution in [0.1, 0.15) is 10.4 Å². The van der Waals surface area contributed by atoms with E-state index in [9.17, 15) is 23.1 Å². The summed E-state index contributed by atoms with van der Waals surface area (Å²) in [5.41, 5.74) is -4.06. The Hall–Kier alpha value is -1.25. The van der Waals surface area contributed by atoms with Gasteiger partial charge in [-0.2, -0.15) is 13.2 Å². The number of carbonyl (C=O) groups excluding carboxylic acids is 1. The molecule has 0 radical (unpaired) electrons. The Bertz CT molecular complexity index is 492. The molecule has 1 atom stereocenters.